The molecule has 4 heteroatoms. The summed E-state index contributed by atoms with van der Waals surface area (Å²) in [6.45, 7) is 1.67. The van der Waals surface area contributed by atoms with Crippen LogP contribution >= 0.6 is 28.1 Å². The minimum atomic E-state index is 0.596. The van der Waals surface area contributed by atoms with E-state index in [0.717, 1.165) is 17.6 Å². The van der Waals surface area contributed by atoms with Gasteiger partial charge in [-0.05, 0) is 30.5 Å². The van der Waals surface area contributed by atoms with Gasteiger partial charge < -0.3 is 5.73 Å². The molecule has 1 aromatic rings. The molecule has 0 atom stereocenters. The quantitative estimate of drug-likeness (QED) is 0.840. The van der Waals surface area contributed by atoms with Crippen molar-refractivity contribution >= 4 is 33.1 Å². The molecule has 18 heavy (non-hydrogen) atoms. The van der Waals surface area contributed by atoms with E-state index >= 15 is 0 Å². The molecule has 0 bridgehead atoms. The number of nitrogens with zero attached hydrogens (tertiary/aromatic N) is 1. The average Bonchev–Trinajstić information content (AvgIpc) is 2.84. The molecule has 1 aromatic carbocycles. The van der Waals surface area contributed by atoms with Crippen LogP contribution < -0.4 is 5.73 Å². The summed E-state index contributed by atoms with van der Waals surface area (Å²) in [7, 11) is 0. The molecule has 2 nitrogen and oxygen atoms in total. The number of hydrogen-bond acceptors (Lipinski definition) is 2. The monoisotopic (exact) mass is 326 g/mol. The summed E-state index contributed by atoms with van der Waals surface area (Å²) in [4.78, 5) is 3.03. The van der Waals surface area contributed by atoms with Crippen molar-refractivity contribution in [3.63, 3.8) is 0 Å². The summed E-state index contributed by atoms with van der Waals surface area (Å²) in [5.74, 6) is 0. The Morgan fingerprint density at radius 2 is 1.89 bits per heavy atom. The van der Waals surface area contributed by atoms with Crippen molar-refractivity contribution in [3.8, 4) is 0 Å². The maximum absolute atomic E-state index is 5.72. The predicted octanol–water partition coefficient (Wildman–Crippen LogP) is 3.48. The fourth-order valence-electron chi connectivity index (χ4n) is 2.61. The van der Waals surface area contributed by atoms with Gasteiger partial charge in [-0.15, -0.1) is 0 Å². The van der Waals surface area contributed by atoms with Crippen LogP contribution in [0, 0.1) is 0 Å². The smallest absolute Gasteiger partial charge is 0.0870 e. The number of benzene rings is 1. The lowest BCUT2D eigenvalue weighted by molar-refractivity contribution is 0.219. The normalized spacial score (nSPS) is 16.3. The second kappa shape index (κ2) is 6.64. The van der Waals surface area contributed by atoms with Crippen molar-refractivity contribution in [1.82, 2.24) is 4.90 Å². The number of nitrogens with two attached hydrogens (primary N) is 1. The lowest BCUT2D eigenvalue weighted by Gasteiger charge is -2.28. The third kappa shape index (κ3) is 4.04. The Hall–Kier alpha value is -0.450. The van der Waals surface area contributed by atoms with Crippen LogP contribution in [0.2, 0.25) is 0 Å². The Bertz CT molecular complexity index is 399. The zero-order valence-electron chi connectivity index (χ0n) is 10.4. The third-order valence-electron chi connectivity index (χ3n) is 3.50. The molecule has 0 aliphatic heterocycles. The molecule has 0 spiro atoms. The zero-order chi connectivity index (χ0) is 13.0. The van der Waals surface area contributed by atoms with E-state index in [1.54, 1.807) is 0 Å². The van der Waals surface area contributed by atoms with Crippen molar-refractivity contribution in [2.24, 2.45) is 5.73 Å². The first-order chi connectivity index (χ1) is 8.65. The number of rotatable bonds is 5. The van der Waals surface area contributed by atoms with Crippen LogP contribution in [0.4, 0.5) is 0 Å². The third-order valence-corrected chi connectivity index (χ3v) is 4.16. The number of hydrogen-bond donors (Lipinski definition) is 1. The first-order valence-corrected chi connectivity index (χ1v) is 7.62. The summed E-state index contributed by atoms with van der Waals surface area (Å²) >= 11 is 8.54. The van der Waals surface area contributed by atoms with E-state index < -0.39 is 0 Å². The minimum Gasteiger partial charge on any atom is -0.392 e. The molecule has 2 rings (SSSR count). The first kappa shape index (κ1) is 14.0. The molecule has 0 radical (unpaired) electrons. The molecule has 1 fully saturated rings. The van der Waals surface area contributed by atoms with Gasteiger partial charge in [0.05, 0.1) is 4.99 Å². The van der Waals surface area contributed by atoms with Gasteiger partial charge in [0.25, 0.3) is 0 Å². The van der Waals surface area contributed by atoms with Gasteiger partial charge >= 0.3 is 0 Å². The van der Waals surface area contributed by atoms with Crippen LogP contribution in [0.25, 0.3) is 0 Å². The SMILES string of the molecule is NC(=S)CN(Cc1ccc(Br)cc1)C1CCCC1. The van der Waals surface area contributed by atoms with Crippen LogP contribution in [0.1, 0.15) is 31.2 Å². The molecular weight excluding hydrogens is 308 g/mol. The second-order valence-corrected chi connectivity index (χ2v) is 6.38. The molecule has 1 aliphatic rings. The van der Waals surface area contributed by atoms with E-state index in [0.29, 0.717) is 11.0 Å². The highest BCUT2D eigenvalue weighted by Crippen LogP contribution is 2.25. The largest absolute Gasteiger partial charge is 0.392 e. The van der Waals surface area contributed by atoms with Crippen molar-refractivity contribution in [3.05, 3.63) is 34.3 Å². The fourth-order valence-corrected chi connectivity index (χ4v) is 3.04. The summed E-state index contributed by atoms with van der Waals surface area (Å²) in [5.41, 5.74) is 7.04. The first-order valence-electron chi connectivity index (χ1n) is 6.42. The second-order valence-electron chi connectivity index (χ2n) is 4.94. The van der Waals surface area contributed by atoms with E-state index in [4.69, 9.17) is 18.0 Å². The number of thiocarbonyl (C=S) groups is 1. The van der Waals surface area contributed by atoms with E-state index in [-0.39, 0.29) is 0 Å². The standard InChI is InChI=1S/C14H19BrN2S/c15-12-7-5-11(6-8-12)9-17(10-14(16)18)13-3-1-2-4-13/h5-8,13H,1-4,9-10H2,(H2,16,18). The van der Waals surface area contributed by atoms with Crippen molar-refractivity contribution in [2.75, 3.05) is 6.54 Å². The Morgan fingerprint density at radius 1 is 1.28 bits per heavy atom. The Balaban J connectivity index is 2.03. The molecule has 98 valence electrons. The van der Waals surface area contributed by atoms with Gasteiger partial charge in [-0.2, -0.15) is 0 Å². The maximum Gasteiger partial charge on any atom is 0.0870 e. The summed E-state index contributed by atoms with van der Waals surface area (Å²) in [6, 6.07) is 9.14. The van der Waals surface area contributed by atoms with Gasteiger partial charge in [0.1, 0.15) is 0 Å². The topological polar surface area (TPSA) is 29.3 Å². The molecule has 0 amide bonds. The van der Waals surface area contributed by atoms with Gasteiger partial charge in [0.2, 0.25) is 0 Å². The van der Waals surface area contributed by atoms with E-state index in [9.17, 15) is 0 Å². The lowest BCUT2D eigenvalue weighted by atomic mass is 10.1. The van der Waals surface area contributed by atoms with Crippen LogP contribution in [-0.4, -0.2) is 22.5 Å². The average molecular weight is 327 g/mol. The molecule has 0 unspecified atom stereocenters. The molecule has 2 N–H and O–H groups in total. The van der Waals surface area contributed by atoms with Crippen LogP contribution in [0.15, 0.2) is 28.7 Å². The van der Waals surface area contributed by atoms with Crippen LogP contribution in [-0.2, 0) is 6.54 Å². The highest BCUT2D eigenvalue weighted by molar-refractivity contribution is 9.10. The van der Waals surface area contributed by atoms with E-state index in [2.05, 4.69) is 45.1 Å². The number of halogens is 1. The molecule has 0 saturated heterocycles. The van der Waals surface area contributed by atoms with Gasteiger partial charge in [0.15, 0.2) is 0 Å². The van der Waals surface area contributed by atoms with Crippen LogP contribution in [0.3, 0.4) is 0 Å². The molecular formula is C14H19BrN2S. The molecule has 0 aromatic heterocycles. The van der Waals surface area contributed by atoms with Gasteiger partial charge in [-0.1, -0.05) is 53.1 Å². The minimum absolute atomic E-state index is 0.596. The van der Waals surface area contributed by atoms with Gasteiger partial charge in [-0.25, -0.2) is 0 Å². The molecule has 1 aliphatic carbocycles. The van der Waals surface area contributed by atoms with Gasteiger partial charge in [-0.3, -0.25) is 4.90 Å². The van der Waals surface area contributed by atoms with Crippen molar-refractivity contribution < 1.29 is 0 Å². The summed E-state index contributed by atoms with van der Waals surface area (Å²) < 4.78 is 1.12. The maximum atomic E-state index is 5.72. The predicted molar refractivity (Wildman–Crippen MR) is 83.6 cm³/mol. The van der Waals surface area contributed by atoms with Crippen molar-refractivity contribution in [1.29, 1.82) is 0 Å². The Kier molecular flexibility index (Phi) is 5.15. The Labute approximate surface area is 123 Å². The summed E-state index contributed by atoms with van der Waals surface area (Å²) in [5, 5.41) is 0. The van der Waals surface area contributed by atoms with E-state index in [1.165, 1.54) is 31.2 Å². The summed E-state index contributed by atoms with van der Waals surface area (Å²) in [6.07, 6.45) is 5.22. The van der Waals surface area contributed by atoms with Crippen LogP contribution in [0.5, 0.6) is 0 Å². The molecule has 1 saturated carbocycles. The lowest BCUT2D eigenvalue weighted by Crippen LogP contribution is -2.38. The van der Waals surface area contributed by atoms with Crippen molar-refractivity contribution in [2.45, 2.75) is 38.3 Å². The zero-order valence-corrected chi connectivity index (χ0v) is 12.8. The van der Waals surface area contributed by atoms with Gasteiger partial charge in [0, 0.05) is 23.6 Å². The Morgan fingerprint density at radius 3 is 2.44 bits per heavy atom. The fraction of sp³-hybridized carbons (Fsp3) is 0.500. The highest BCUT2D eigenvalue weighted by Gasteiger charge is 2.22. The highest BCUT2D eigenvalue weighted by atomic mass is 79.9. The molecule has 0 heterocycles. The van der Waals surface area contributed by atoms with E-state index in [1.807, 2.05) is 0 Å².